The van der Waals surface area contributed by atoms with E-state index in [1.807, 2.05) is 0 Å². The fourth-order valence-electron chi connectivity index (χ4n) is 6.12. The zero-order valence-electron chi connectivity index (χ0n) is 28.5. The number of benzene rings is 2. The molecule has 0 bridgehead atoms. The van der Waals surface area contributed by atoms with E-state index in [-0.39, 0.29) is 52.1 Å². The monoisotopic (exact) mass is 800 g/mol. The Morgan fingerprint density at radius 3 is 1.02 bits per heavy atom. The number of fused-ring (bicyclic) bond motifs is 2. The van der Waals surface area contributed by atoms with Crippen LogP contribution in [0.4, 0.5) is 0 Å². The minimum Gasteiger partial charge on any atom is -0.496 e. The molecular formula is C34H42Br2O12. The molecule has 0 radical (unpaired) electrons. The molecule has 2 aromatic rings. The second kappa shape index (κ2) is 16.7. The molecule has 2 aliphatic rings. The Labute approximate surface area is 297 Å². The highest BCUT2D eigenvalue weighted by Gasteiger charge is 2.56. The van der Waals surface area contributed by atoms with Crippen molar-refractivity contribution in [3.05, 3.63) is 43.3 Å². The normalized spacial score (nSPS) is 14.7. The number of hydrogen-bond donors (Lipinski definition) is 0. The second-order valence-electron chi connectivity index (χ2n) is 10.9. The lowest BCUT2D eigenvalue weighted by Crippen LogP contribution is -2.43. The van der Waals surface area contributed by atoms with E-state index in [2.05, 4.69) is 31.9 Å². The zero-order valence-corrected chi connectivity index (χ0v) is 31.6. The minimum atomic E-state index is -1.41. The first-order chi connectivity index (χ1) is 22.9. The Morgan fingerprint density at radius 1 is 0.521 bits per heavy atom. The molecule has 0 saturated carbocycles. The fraction of sp³-hybridized carbons (Fsp3) is 0.529. The summed E-state index contributed by atoms with van der Waals surface area (Å²) in [6.07, 6.45) is 0.623. The molecule has 14 heteroatoms. The van der Waals surface area contributed by atoms with Crippen LogP contribution in [0, 0.1) is 10.8 Å². The molecule has 0 aromatic heterocycles. The van der Waals surface area contributed by atoms with Crippen molar-refractivity contribution in [1.29, 1.82) is 0 Å². The number of carbonyl (C=O) groups is 4. The Hall–Kier alpha value is -3.52. The van der Waals surface area contributed by atoms with Gasteiger partial charge in [0.25, 0.3) is 0 Å². The molecule has 48 heavy (non-hydrogen) atoms. The third-order valence-corrected chi connectivity index (χ3v) is 9.43. The van der Waals surface area contributed by atoms with E-state index >= 15 is 0 Å². The van der Waals surface area contributed by atoms with Crippen LogP contribution in [0.15, 0.2) is 21.1 Å². The maximum Gasteiger partial charge on any atom is 0.324 e. The molecule has 0 heterocycles. The zero-order chi connectivity index (χ0) is 35.8. The molecule has 12 nitrogen and oxygen atoms in total. The van der Waals surface area contributed by atoms with Crippen molar-refractivity contribution < 1.29 is 57.1 Å². The molecule has 2 aliphatic carbocycles. The molecular weight excluding hydrogens is 760 g/mol. The van der Waals surface area contributed by atoms with E-state index in [9.17, 15) is 19.2 Å². The van der Waals surface area contributed by atoms with Crippen molar-refractivity contribution in [2.24, 2.45) is 10.8 Å². The van der Waals surface area contributed by atoms with Gasteiger partial charge in [-0.1, -0.05) is 0 Å². The summed E-state index contributed by atoms with van der Waals surface area (Å²) in [5, 5.41) is 0. The van der Waals surface area contributed by atoms with E-state index in [4.69, 9.17) is 37.9 Å². The van der Waals surface area contributed by atoms with Crippen molar-refractivity contribution in [3.63, 3.8) is 0 Å². The maximum atomic E-state index is 12.6. The van der Waals surface area contributed by atoms with Gasteiger partial charge in [0.05, 0.1) is 63.8 Å². The summed E-state index contributed by atoms with van der Waals surface area (Å²) in [6, 6.07) is 3.54. The van der Waals surface area contributed by atoms with Crippen LogP contribution in [-0.2, 0) is 63.8 Å². The van der Waals surface area contributed by atoms with Crippen LogP contribution in [0.2, 0.25) is 0 Å². The van der Waals surface area contributed by atoms with Gasteiger partial charge in [0.1, 0.15) is 23.0 Å². The number of methoxy groups -OCH3 is 4. The number of halogens is 2. The molecule has 2 aromatic carbocycles. The van der Waals surface area contributed by atoms with Crippen LogP contribution >= 0.6 is 31.9 Å². The van der Waals surface area contributed by atoms with Crippen LogP contribution in [-0.4, -0.2) is 78.7 Å². The van der Waals surface area contributed by atoms with E-state index in [0.29, 0.717) is 31.9 Å². The Morgan fingerprint density at radius 2 is 0.792 bits per heavy atom. The average Bonchev–Trinajstić information content (AvgIpc) is 3.67. The molecule has 0 fully saturated rings. The first kappa shape index (κ1) is 38.9. The first-order valence-electron chi connectivity index (χ1n) is 15.4. The summed E-state index contributed by atoms with van der Waals surface area (Å²) in [5.41, 5.74) is 0.220. The largest absolute Gasteiger partial charge is 0.496 e. The van der Waals surface area contributed by atoms with Crippen LogP contribution in [0.5, 0.6) is 23.0 Å². The fourth-order valence-corrected chi connectivity index (χ4v) is 7.33. The predicted molar refractivity (Wildman–Crippen MR) is 181 cm³/mol. The minimum absolute atomic E-state index is 0.152. The number of hydrogen-bond acceptors (Lipinski definition) is 12. The molecule has 4 rings (SSSR count). The van der Waals surface area contributed by atoms with Crippen molar-refractivity contribution in [1.82, 2.24) is 0 Å². The summed E-state index contributed by atoms with van der Waals surface area (Å²) in [6.45, 7) is 7.58. The van der Waals surface area contributed by atoms with Gasteiger partial charge in [-0.2, -0.15) is 0 Å². The number of ether oxygens (including phenoxy) is 8. The second-order valence-corrected chi connectivity index (χ2v) is 12.6. The standard InChI is InChI=1S/2C17H21BrO6/c2*1-5-23-15(19)17(16(20)24-6-2)8-10-11(9-17)14(22-4)12(18)7-13(10)21-3/h2*7H,5-6,8-9H2,1-4H3. The quantitative estimate of drug-likeness (QED) is 0.155. The Kier molecular flexibility index (Phi) is 13.6. The van der Waals surface area contributed by atoms with Gasteiger partial charge in [-0.15, -0.1) is 0 Å². The van der Waals surface area contributed by atoms with Crippen LogP contribution in [0.3, 0.4) is 0 Å². The van der Waals surface area contributed by atoms with Gasteiger partial charge in [-0.05, 0) is 71.7 Å². The molecule has 0 N–H and O–H groups in total. The van der Waals surface area contributed by atoms with E-state index < -0.39 is 34.7 Å². The highest BCUT2D eigenvalue weighted by molar-refractivity contribution is 9.11. The first-order valence-corrected chi connectivity index (χ1v) is 17.0. The molecule has 0 unspecified atom stereocenters. The highest BCUT2D eigenvalue weighted by Crippen LogP contribution is 2.51. The van der Waals surface area contributed by atoms with Crippen LogP contribution < -0.4 is 18.9 Å². The van der Waals surface area contributed by atoms with Crippen molar-refractivity contribution in [3.8, 4) is 23.0 Å². The van der Waals surface area contributed by atoms with Gasteiger partial charge in [0.2, 0.25) is 0 Å². The highest BCUT2D eigenvalue weighted by atomic mass is 79.9. The van der Waals surface area contributed by atoms with Crippen molar-refractivity contribution in [2.75, 3.05) is 54.9 Å². The van der Waals surface area contributed by atoms with E-state index in [1.54, 1.807) is 68.3 Å². The van der Waals surface area contributed by atoms with Gasteiger partial charge in [0.15, 0.2) is 10.8 Å². The van der Waals surface area contributed by atoms with E-state index in [0.717, 1.165) is 22.3 Å². The van der Waals surface area contributed by atoms with Gasteiger partial charge >= 0.3 is 23.9 Å². The smallest absolute Gasteiger partial charge is 0.324 e. The summed E-state index contributed by atoms with van der Waals surface area (Å²) in [5.74, 6) is 0.0170. The lowest BCUT2D eigenvalue weighted by molar-refractivity contribution is -0.173. The SMILES string of the molecule is CCOC(=O)C1(C(=O)OCC)Cc2c(OC)cc(Br)c(OC)c2C1.CCOC(=O)C1(C(=O)OCC)Cc2c(OC)cc(Br)c(OC)c2C1. The molecule has 0 saturated heterocycles. The van der Waals surface area contributed by atoms with Gasteiger partial charge in [-0.25, -0.2) is 0 Å². The maximum absolute atomic E-state index is 12.6. The predicted octanol–water partition coefficient (Wildman–Crippen LogP) is 5.36. The van der Waals surface area contributed by atoms with E-state index in [1.165, 1.54) is 0 Å². The third kappa shape index (κ3) is 7.24. The molecule has 0 spiro atoms. The number of carbonyl (C=O) groups excluding carboxylic acids is 4. The summed E-state index contributed by atoms with van der Waals surface area (Å²) in [7, 11) is 6.18. The van der Waals surface area contributed by atoms with Crippen molar-refractivity contribution >= 4 is 55.7 Å². The van der Waals surface area contributed by atoms with Crippen LogP contribution in [0.1, 0.15) is 49.9 Å². The molecule has 264 valence electrons. The van der Waals surface area contributed by atoms with Gasteiger partial charge < -0.3 is 37.9 Å². The topological polar surface area (TPSA) is 142 Å². The summed E-state index contributed by atoms with van der Waals surface area (Å²) < 4.78 is 43.8. The van der Waals surface area contributed by atoms with Gasteiger partial charge in [-0.3, -0.25) is 19.2 Å². The number of esters is 4. The lowest BCUT2D eigenvalue weighted by atomic mass is 9.84. The van der Waals surface area contributed by atoms with Crippen molar-refractivity contribution in [2.45, 2.75) is 53.4 Å². The molecule has 0 aliphatic heterocycles. The van der Waals surface area contributed by atoms with Gasteiger partial charge in [0, 0.05) is 47.9 Å². The summed E-state index contributed by atoms with van der Waals surface area (Å²) in [4.78, 5) is 50.5. The Balaban J connectivity index is 0.000000260. The average molecular weight is 803 g/mol. The molecule has 0 amide bonds. The number of rotatable bonds is 12. The third-order valence-electron chi connectivity index (χ3n) is 8.25. The lowest BCUT2D eigenvalue weighted by Gasteiger charge is -2.24. The Bertz CT molecular complexity index is 1390. The molecule has 0 atom stereocenters. The summed E-state index contributed by atoms with van der Waals surface area (Å²) >= 11 is 6.87. The van der Waals surface area contributed by atoms with Crippen LogP contribution in [0.25, 0.3) is 0 Å².